The summed E-state index contributed by atoms with van der Waals surface area (Å²) >= 11 is 0.900. The zero-order valence-corrected chi connectivity index (χ0v) is 16.1. The Morgan fingerprint density at radius 3 is 2.38 bits per heavy atom. The zero-order chi connectivity index (χ0) is 21.3. The number of rotatable bonds is 5. The van der Waals surface area contributed by atoms with Gasteiger partial charge in [-0.1, -0.05) is 0 Å². The number of hydrogen-bond acceptors (Lipinski definition) is 7. The van der Waals surface area contributed by atoms with Crippen molar-refractivity contribution in [3.05, 3.63) is 58.8 Å². The Hall–Kier alpha value is -3.42. The fraction of sp³-hybridized carbons (Fsp3) is 0.158. The van der Waals surface area contributed by atoms with Gasteiger partial charge in [0.25, 0.3) is 5.91 Å². The molecule has 10 heteroatoms. The SMILES string of the molecule is CC(C)(O)c1cc(F)c(-c2cc(C(N)=O)c(Nc3ccc(C#N)nn3)s2)c(F)c1. The van der Waals surface area contributed by atoms with E-state index in [-0.39, 0.29) is 38.1 Å². The van der Waals surface area contributed by atoms with E-state index in [9.17, 15) is 18.7 Å². The number of benzene rings is 1. The molecule has 7 nitrogen and oxygen atoms in total. The van der Waals surface area contributed by atoms with Gasteiger partial charge in [-0.15, -0.1) is 21.5 Å². The summed E-state index contributed by atoms with van der Waals surface area (Å²) in [5.41, 5.74) is 3.82. The number of nitriles is 1. The van der Waals surface area contributed by atoms with E-state index < -0.39 is 23.1 Å². The predicted octanol–water partition coefficient (Wildman–Crippen LogP) is 3.42. The van der Waals surface area contributed by atoms with Crippen molar-refractivity contribution in [1.29, 1.82) is 5.26 Å². The van der Waals surface area contributed by atoms with Crippen LogP contribution < -0.4 is 11.1 Å². The lowest BCUT2D eigenvalue weighted by Crippen LogP contribution is -2.16. The van der Waals surface area contributed by atoms with E-state index in [4.69, 9.17) is 11.0 Å². The third-order valence-corrected chi connectivity index (χ3v) is 5.08. The van der Waals surface area contributed by atoms with Crippen molar-refractivity contribution < 1.29 is 18.7 Å². The van der Waals surface area contributed by atoms with Crippen molar-refractivity contribution in [2.24, 2.45) is 5.73 Å². The molecule has 1 aromatic carbocycles. The lowest BCUT2D eigenvalue weighted by atomic mass is 9.96. The van der Waals surface area contributed by atoms with Crippen LogP contribution in [0.15, 0.2) is 30.3 Å². The summed E-state index contributed by atoms with van der Waals surface area (Å²) in [6.45, 7) is 2.83. The summed E-state index contributed by atoms with van der Waals surface area (Å²) < 4.78 is 29.3. The highest BCUT2D eigenvalue weighted by molar-refractivity contribution is 7.20. The van der Waals surface area contributed by atoms with E-state index in [1.54, 1.807) is 0 Å². The van der Waals surface area contributed by atoms with Gasteiger partial charge >= 0.3 is 0 Å². The van der Waals surface area contributed by atoms with Crippen LogP contribution in [0.25, 0.3) is 10.4 Å². The van der Waals surface area contributed by atoms with Crippen LogP contribution in [0.2, 0.25) is 0 Å². The molecule has 0 bridgehead atoms. The first kappa shape index (κ1) is 20.3. The second kappa shape index (κ2) is 7.54. The summed E-state index contributed by atoms with van der Waals surface area (Å²) in [7, 11) is 0. The number of aromatic nitrogens is 2. The van der Waals surface area contributed by atoms with Crippen molar-refractivity contribution in [3.63, 3.8) is 0 Å². The van der Waals surface area contributed by atoms with Gasteiger partial charge in [0.15, 0.2) is 11.5 Å². The number of aliphatic hydroxyl groups is 1. The number of nitrogens with zero attached hydrogens (tertiary/aromatic N) is 3. The molecule has 0 aliphatic rings. The Labute approximate surface area is 168 Å². The van der Waals surface area contributed by atoms with Gasteiger partial charge in [-0.2, -0.15) is 5.26 Å². The van der Waals surface area contributed by atoms with E-state index >= 15 is 0 Å². The van der Waals surface area contributed by atoms with Crippen LogP contribution in [0.3, 0.4) is 0 Å². The highest BCUT2D eigenvalue weighted by atomic mass is 32.1. The van der Waals surface area contributed by atoms with Gasteiger partial charge < -0.3 is 16.2 Å². The minimum absolute atomic E-state index is 0.0153. The van der Waals surface area contributed by atoms with Crippen LogP contribution in [0.1, 0.15) is 35.5 Å². The van der Waals surface area contributed by atoms with Crippen molar-refractivity contribution in [2.45, 2.75) is 19.4 Å². The summed E-state index contributed by atoms with van der Waals surface area (Å²) in [6, 6.07) is 8.07. The third kappa shape index (κ3) is 4.21. The second-order valence-corrected chi connectivity index (χ2v) is 7.68. The van der Waals surface area contributed by atoms with E-state index in [1.165, 1.54) is 32.0 Å². The number of thiophene rings is 1. The molecule has 4 N–H and O–H groups in total. The fourth-order valence-electron chi connectivity index (χ4n) is 2.53. The van der Waals surface area contributed by atoms with Crippen molar-refractivity contribution in [1.82, 2.24) is 10.2 Å². The van der Waals surface area contributed by atoms with Gasteiger partial charge in [0.05, 0.1) is 16.7 Å². The monoisotopic (exact) mass is 415 g/mol. The molecule has 3 rings (SSSR count). The van der Waals surface area contributed by atoms with Gasteiger partial charge in [0.1, 0.15) is 22.7 Å². The topological polar surface area (TPSA) is 125 Å². The number of halogens is 2. The van der Waals surface area contributed by atoms with E-state index in [0.29, 0.717) is 0 Å². The van der Waals surface area contributed by atoms with Gasteiger partial charge in [0.2, 0.25) is 0 Å². The first-order chi connectivity index (χ1) is 13.6. The molecular weight excluding hydrogens is 400 g/mol. The first-order valence-electron chi connectivity index (χ1n) is 8.27. The minimum atomic E-state index is -1.42. The smallest absolute Gasteiger partial charge is 0.251 e. The number of amides is 1. The van der Waals surface area contributed by atoms with E-state index in [0.717, 1.165) is 23.5 Å². The molecule has 2 heterocycles. The molecule has 0 saturated carbocycles. The summed E-state index contributed by atoms with van der Waals surface area (Å²) in [6.07, 6.45) is 0. The predicted molar refractivity (Wildman–Crippen MR) is 103 cm³/mol. The first-order valence-corrected chi connectivity index (χ1v) is 9.08. The number of primary amides is 1. The van der Waals surface area contributed by atoms with Crippen molar-refractivity contribution in [2.75, 3.05) is 5.32 Å². The number of hydrogen-bond donors (Lipinski definition) is 3. The third-order valence-electron chi connectivity index (χ3n) is 4.01. The normalized spacial score (nSPS) is 11.2. The van der Waals surface area contributed by atoms with Crippen LogP contribution in [0.5, 0.6) is 0 Å². The Bertz CT molecular complexity index is 1110. The average Bonchev–Trinajstić information content (AvgIpc) is 3.04. The lowest BCUT2D eigenvalue weighted by molar-refractivity contribution is 0.0778. The summed E-state index contributed by atoms with van der Waals surface area (Å²) in [4.78, 5) is 11.9. The van der Waals surface area contributed by atoms with Gasteiger partial charge in [0, 0.05) is 4.88 Å². The molecule has 148 valence electrons. The van der Waals surface area contributed by atoms with E-state index in [2.05, 4.69) is 15.5 Å². The number of nitrogens with one attached hydrogen (secondary N) is 1. The van der Waals surface area contributed by atoms with Gasteiger partial charge in [-0.25, -0.2) is 8.78 Å². The molecule has 0 aliphatic carbocycles. The molecule has 3 aromatic rings. The Morgan fingerprint density at radius 1 is 1.24 bits per heavy atom. The Balaban J connectivity index is 2.05. The van der Waals surface area contributed by atoms with Crippen molar-refractivity contribution >= 4 is 28.1 Å². The molecule has 0 spiro atoms. The molecule has 0 aliphatic heterocycles. The lowest BCUT2D eigenvalue weighted by Gasteiger charge is -2.18. The summed E-state index contributed by atoms with van der Waals surface area (Å²) in [5, 5.41) is 29.3. The highest BCUT2D eigenvalue weighted by Crippen LogP contribution is 2.40. The van der Waals surface area contributed by atoms with Crippen LogP contribution in [0, 0.1) is 23.0 Å². The summed E-state index contributed by atoms with van der Waals surface area (Å²) in [5.74, 6) is -2.35. The van der Waals surface area contributed by atoms with Crippen molar-refractivity contribution in [3.8, 4) is 16.5 Å². The molecule has 0 unspecified atom stereocenters. The molecule has 0 saturated heterocycles. The van der Waals surface area contributed by atoms with Crippen LogP contribution in [0.4, 0.5) is 19.6 Å². The van der Waals surface area contributed by atoms with Crippen LogP contribution in [-0.4, -0.2) is 21.2 Å². The molecule has 29 heavy (non-hydrogen) atoms. The molecule has 2 aromatic heterocycles. The number of anilines is 2. The maximum Gasteiger partial charge on any atom is 0.251 e. The quantitative estimate of drug-likeness (QED) is 0.586. The average molecular weight is 415 g/mol. The maximum atomic E-state index is 14.6. The zero-order valence-electron chi connectivity index (χ0n) is 15.3. The fourth-order valence-corrected chi connectivity index (χ4v) is 3.65. The number of carbonyl (C=O) groups excluding carboxylic acids is 1. The molecule has 0 fully saturated rings. The number of carbonyl (C=O) groups is 1. The second-order valence-electron chi connectivity index (χ2n) is 6.63. The van der Waals surface area contributed by atoms with E-state index in [1.807, 2.05) is 6.07 Å². The van der Waals surface area contributed by atoms with Gasteiger partial charge in [-0.3, -0.25) is 4.79 Å². The standard InChI is InChI=1S/C19H15F2N5O2S/c1-19(2,28)9-5-12(20)16(13(21)6-9)14-7-11(17(23)27)18(29-14)24-15-4-3-10(8-22)25-26-15/h3-7,28H,1-2H3,(H2,23,27)(H,24,26). The Morgan fingerprint density at radius 2 is 1.90 bits per heavy atom. The van der Waals surface area contributed by atoms with Crippen LogP contribution >= 0.6 is 11.3 Å². The largest absolute Gasteiger partial charge is 0.386 e. The molecule has 1 amide bonds. The minimum Gasteiger partial charge on any atom is -0.386 e. The van der Waals surface area contributed by atoms with Gasteiger partial charge in [-0.05, 0) is 49.7 Å². The molecule has 0 radical (unpaired) electrons. The maximum absolute atomic E-state index is 14.6. The number of nitrogens with two attached hydrogens (primary N) is 1. The molecule has 0 atom stereocenters. The Kier molecular flexibility index (Phi) is 5.28. The van der Waals surface area contributed by atoms with Crippen LogP contribution in [-0.2, 0) is 5.60 Å². The highest BCUT2D eigenvalue weighted by Gasteiger charge is 2.24. The molecular formula is C19H15F2N5O2S.